The second-order valence-corrected chi connectivity index (χ2v) is 6.76. The van der Waals surface area contributed by atoms with Crippen molar-refractivity contribution in [2.75, 3.05) is 6.61 Å². The summed E-state index contributed by atoms with van der Waals surface area (Å²) in [4.78, 5) is 23.8. The molecule has 3 rings (SSSR count). The third-order valence-electron chi connectivity index (χ3n) is 4.56. The lowest BCUT2D eigenvalue weighted by molar-refractivity contribution is -0.143. The Bertz CT molecular complexity index is 954. The quantitative estimate of drug-likeness (QED) is 0.454. The second-order valence-electron chi connectivity index (χ2n) is 6.76. The fraction of sp³-hybridized carbons (Fsp3) is 0.240. The van der Waals surface area contributed by atoms with E-state index in [9.17, 15) is 9.59 Å². The second kappa shape index (κ2) is 10.8. The maximum Gasteiger partial charge on any atom is 0.306 e. The topological polar surface area (TPSA) is 61.8 Å². The van der Waals surface area contributed by atoms with Gasteiger partial charge in [0.15, 0.2) is 0 Å². The Morgan fingerprint density at radius 2 is 1.53 bits per heavy atom. The van der Waals surface area contributed by atoms with Crippen molar-refractivity contribution in [1.82, 2.24) is 0 Å². The van der Waals surface area contributed by atoms with Crippen LogP contribution in [-0.4, -0.2) is 18.5 Å². The van der Waals surface area contributed by atoms with E-state index in [0.29, 0.717) is 18.1 Å². The predicted octanol–water partition coefficient (Wildman–Crippen LogP) is 4.53. The van der Waals surface area contributed by atoms with Gasteiger partial charge in [-0.05, 0) is 24.1 Å². The number of rotatable bonds is 9. The van der Waals surface area contributed by atoms with Crippen molar-refractivity contribution in [2.45, 2.75) is 26.6 Å². The van der Waals surface area contributed by atoms with Crippen LogP contribution in [0.5, 0.6) is 0 Å². The van der Waals surface area contributed by atoms with Gasteiger partial charge in [0.25, 0.3) is 0 Å². The molecule has 2 aromatic rings. The highest BCUT2D eigenvalue weighted by molar-refractivity contribution is 5.73. The van der Waals surface area contributed by atoms with Crippen LogP contribution in [0.3, 0.4) is 0 Å². The average Bonchev–Trinajstić information content (AvgIpc) is 2.77. The van der Waals surface area contributed by atoms with E-state index in [1.807, 2.05) is 66.6 Å². The number of hydrogen-bond acceptors (Lipinski definition) is 5. The van der Waals surface area contributed by atoms with Crippen LogP contribution >= 0.6 is 0 Å². The molecule has 0 aromatic heterocycles. The molecule has 0 heterocycles. The lowest BCUT2D eigenvalue weighted by Gasteiger charge is -2.23. The lowest BCUT2D eigenvalue weighted by Crippen LogP contribution is -2.18. The maximum atomic E-state index is 12.0. The number of esters is 1. The zero-order chi connectivity index (χ0) is 21.2. The molecular weight excluding hydrogens is 380 g/mol. The standard InChI is InChI=1S/C25H24O5/c1-2-28-25(27)14-21-13-22(29-17-19-9-5-3-6-10-19)15-24(23(21)16-26)30-18-20-11-7-4-8-12-20/h3-13,15,21H,2,14,17-18H2,1H3. The van der Waals surface area contributed by atoms with E-state index in [4.69, 9.17) is 14.2 Å². The van der Waals surface area contributed by atoms with Crippen LogP contribution in [0.1, 0.15) is 24.5 Å². The first-order valence-electron chi connectivity index (χ1n) is 9.87. The zero-order valence-corrected chi connectivity index (χ0v) is 16.9. The fourth-order valence-electron chi connectivity index (χ4n) is 3.09. The van der Waals surface area contributed by atoms with Crippen LogP contribution in [-0.2, 0) is 37.0 Å². The summed E-state index contributed by atoms with van der Waals surface area (Å²) in [6, 6.07) is 19.4. The first-order chi connectivity index (χ1) is 14.7. The van der Waals surface area contributed by atoms with Crippen LogP contribution in [0, 0.1) is 5.92 Å². The maximum absolute atomic E-state index is 12.0. The summed E-state index contributed by atoms with van der Waals surface area (Å²) in [7, 11) is 0. The third kappa shape index (κ3) is 5.97. The summed E-state index contributed by atoms with van der Waals surface area (Å²) >= 11 is 0. The number of ether oxygens (including phenoxy) is 3. The molecule has 0 bridgehead atoms. The van der Waals surface area contributed by atoms with E-state index in [1.54, 1.807) is 19.1 Å². The molecule has 2 aromatic carbocycles. The first kappa shape index (κ1) is 21.2. The zero-order valence-electron chi connectivity index (χ0n) is 16.9. The van der Waals surface area contributed by atoms with E-state index in [1.165, 1.54) is 0 Å². The highest BCUT2D eigenvalue weighted by Crippen LogP contribution is 2.32. The lowest BCUT2D eigenvalue weighted by atomic mass is 9.90. The smallest absolute Gasteiger partial charge is 0.306 e. The van der Waals surface area contributed by atoms with Gasteiger partial charge in [-0.2, -0.15) is 0 Å². The molecule has 1 aliphatic carbocycles. The van der Waals surface area contributed by atoms with Gasteiger partial charge in [0.1, 0.15) is 30.7 Å². The molecule has 0 spiro atoms. The molecule has 5 nitrogen and oxygen atoms in total. The molecule has 1 unspecified atom stereocenters. The molecule has 0 amide bonds. The van der Waals surface area contributed by atoms with E-state index in [2.05, 4.69) is 0 Å². The molecule has 30 heavy (non-hydrogen) atoms. The molecule has 0 fully saturated rings. The average molecular weight is 404 g/mol. The molecule has 0 N–H and O–H groups in total. The highest BCUT2D eigenvalue weighted by atomic mass is 16.5. The molecule has 1 atom stereocenters. The van der Waals surface area contributed by atoms with E-state index in [-0.39, 0.29) is 25.2 Å². The SMILES string of the molecule is CCOC(=O)CC1C=C(OCc2ccccc2)C=C(OCc2ccccc2)C1=C=O. The Kier molecular flexibility index (Phi) is 7.64. The number of benzene rings is 2. The molecule has 154 valence electrons. The van der Waals surface area contributed by atoms with Crippen molar-refractivity contribution < 1.29 is 23.8 Å². The summed E-state index contributed by atoms with van der Waals surface area (Å²) < 4.78 is 16.9. The molecule has 5 heteroatoms. The van der Waals surface area contributed by atoms with Gasteiger partial charge >= 0.3 is 5.97 Å². The molecule has 0 saturated carbocycles. The van der Waals surface area contributed by atoms with E-state index in [0.717, 1.165) is 11.1 Å². The summed E-state index contributed by atoms with van der Waals surface area (Å²) in [6.07, 6.45) is 3.44. The van der Waals surface area contributed by atoms with Gasteiger partial charge in [-0.15, -0.1) is 0 Å². The first-order valence-corrected chi connectivity index (χ1v) is 9.87. The Balaban J connectivity index is 1.79. The third-order valence-corrected chi connectivity index (χ3v) is 4.56. The van der Waals surface area contributed by atoms with Crippen LogP contribution in [0.15, 0.2) is 89.9 Å². The minimum absolute atomic E-state index is 0.0165. The largest absolute Gasteiger partial charge is 0.489 e. The Labute approximate surface area is 176 Å². The van der Waals surface area contributed by atoms with Gasteiger partial charge in [-0.1, -0.05) is 60.7 Å². The number of allylic oxidation sites excluding steroid dienone is 3. The minimum atomic E-state index is -0.525. The fourth-order valence-corrected chi connectivity index (χ4v) is 3.09. The van der Waals surface area contributed by atoms with Crippen molar-refractivity contribution in [2.24, 2.45) is 5.92 Å². The van der Waals surface area contributed by atoms with Crippen molar-refractivity contribution in [3.8, 4) is 0 Å². The van der Waals surface area contributed by atoms with Gasteiger partial charge in [0.2, 0.25) is 0 Å². The van der Waals surface area contributed by atoms with Crippen LogP contribution in [0.25, 0.3) is 0 Å². The predicted molar refractivity (Wildman–Crippen MR) is 113 cm³/mol. The summed E-state index contributed by atoms with van der Waals surface area (Å²) in [6.45, 7) is 2.67. The van der Waals surface area contributed by atoms with Crippen molar-refractivity contribution >= 4 is 11.9 Å². The normalized spacial score (nSPS) is 15.5. The van der Waals surface area contributed by atoms with Gasteiger partial charge in [-0.3, -0.25) is 4.79 Å². The van der Waals surface area contributed by atoms with Crippen molar-refractivity contribution in [1.29, 1.82) is 0 Å². The Hall–Kier alpha value is -3.56. The van der Waals surface area contributed by atoms with Gasteiger partial charge in [-0.25, -0.2) is 4.79 Å². The summed E-state index contributed by atoms with van der Waals surface area (Å²) in [5.74, 6) is 1.92. The van der Waals surface area contributed by atoms with Crippen LogP contribution in [0.2, 0.25) is 0 Å². The number of carbonyl (C=O) groups excluding carboxylic acids is 2. The van der Waals surface area contributed by atoms with E-state index < -0.39 is 11.9 Å². The molecule has 0 aliphatic heterocycles. The monoisotopic (exact) mass is 404 g/mol. The summed E-state index contributed by atoms with van der Waals surface area (Å²) in [5.41, 5.74) is 2.26. The Morgan fingerprint density at radius 3 is 2.10 bits per heavy atom. The molecule has 1 aliphatic rings. The number of hydrogen-bond donors (Lipinski definition) is 0. The van der Waals surface area contributed by atoms with Crippen molar-refractivity contribution in [3.63, 3.8) is 0 Å². The summed E-state index contributed by atoms with van der Waals surface area (Å²) in [5, 5.41) is 0. The molecular formula is C25H24O5. The van der Waals surface area contributed by atoms with Crippen LogP contribution in [0.4, 0.5) is 0 Å². The molecule has 0 saturated heterocycles. The van der Waals surface area contributed by atoms with Gasteiger partial charge in [0.05, 0.1) is 18.6 Å². The highest BCUT2D eigenvalue weighted by Gasteiger charge is 2.27. The van der Waals surface area contributed by atoms with Gasteiger partial charge in [0, 0.05) is 12.0 Å². The Morgan fingerprint density at radius 1 is 0.933 bits per heavy atom. The van der Waals surface area contributed by atoms with E-state index >= 15 is 0 Å². The minimum Gasteiger partial charge on any atom is -0.489 e. The molecule has 0 radical (unpaired) electrons. The van der Waals surface area contributed by atoms with Crippen LogP contribution < -0.4 is 0 Å². The number of carbonyl (C=O) groups is 1. The van der Waals surface area contributed by atoms with Gasteiger partial charge < -0.3 is 14.2 Å². The van der Waals surface area contributed by atoms with Crippen molar-refractivity contribution in [3.05, 3.63) is 101 Å².